The van der Waals surface area contributed by atoms with Gasteiger partial charge in [0.15, 0.2) is 0 Å². The topological polar surface area (TPSA) is 97.9 Å². The first-order chi connectivity index (χ1) is 12.1. The van der Waals surface area contributed by atoms with Crippen LogP contribution in [0.4, 0.5) is 0 Å². The van der Waals surface area contributed by atoms with E-state index in [0.717, 1.165) is 70.1 Å². The van der Waals surface area contributed by atoms with Crippen molar-refractivity contribution in [3.05, 3.63) is 11.6 Å². The molecule has 2 fully saturated rings. The number of nitrogens with zero attached hydrogens (tertiary/aromatic N) is 5. The highest BCUT2D eigenvalue weighted by molar-refractivity contribution is 5.04. The van der Waals surface area contributed by atoms with E-state index >= 15 is 0 Å². The predicted molar refractivity (Wildman–Crippen MR) is 93.0 cm³/mol. The van der Waals surface area contributed by atoms with Gasteiger partial charge in [-0.05, 0) is 32.2 Å². The molecule has 1 atom stereocenters. The summed E-state index contributed by atoms with van der Waals surface area (Å²) in [6.45, 7) is 4.23. The maximum absolute atomic E-state index is 9.63. The molecule has 1 aromatic rings. The minimum atomic E-state index is -0.185. The van der Waals surface area contributed by atoms with E-state index in [4.69, 9.17) is 0 Å². The average Bonchev–Trinajstić information content (AvgIpc) is 2.99. The van der Waals surface area contributed by atoms with E-state index < -0.39 is 0 Å². The van der Waals surface area contributed by atoms with E-state index in [0.29, 0.717) is 0 Å². The monoisotopic (exact) mass is 353 g/mol. The third-order valence-corrected chi connectivity index (χ3v) is 5.68. The largest absolute Gasteiger partial charge is 0.395 e. The van der Waals surface area contributed by atoms with E-state index in [2.05, 4.69) is 24.6 Å². The number of aliphatic hydroxyl groups is 3. The summed E-state index contributed by atoms with van der Waals surface area (Å²) in [7, 11) is 2.03. The van der Waals surface area contributed by atoms with E-state index in [-0.39, 0.29) is 31.3 Å². The molecule has 8 nitrogen and oxygen atoms in total. The molecule has 0 bridgehead atoms. The molecular weight excluding hydrogens is 322 g/mol. The van der Waals surface area contributed by atoms with Crippen LogP contribution in [-0.4, -0.2) is 91.4 Å². The molecule has 2 aliphatic heterocycles. The molecule has 142 valence electrons. The summed E-state index contributed by atoms with van der Waals surface area (Å²) in [6, 6.07) is -0.185. The van der Waals surface area contributed by atoms with Crippen molar-refractivity contribution >= 4 is 0 Å². The van der Waals surface area contributed by atoms with E-state index in [1.54, 1.807) is 0 Å². The molecule has 0 unspecified atom stereocenters. The van der Waals surface area contributed by atoms with Crippen LogP contribution < -0.4 is 0 Å². The van der Waals surface area contributed by atoms with Crippen molar-refractivity contribution in [3.63, 3.8) is 0 Å². The van der Waals surface area contributed by atoms with Crippen molar-refractivity contribution in [1.29, 1.82) is 0 Å². The quantitative estimate of drug-likeness (QED) is 0.622. The SMILES string of the molecule is Cn1c(CN2CCC(O)CC2)nnc1[C@H]1CCCN(C(CO)CO)C1. The molecule has 1 aromatic heterocycles. The zero-order valence-electron chi connectivity index (χ0n) is 15.1. The summed E-state index contributed by atoms with van der Waals surface area (Å²) in [5, 5.41) is 37.4. The van der Waals surface area contributed by atoms with Crippen molar-refractivity contribution < 1.29 is 15.3 Å². The van der Waals surface area contributed by atoms with Gasteiger partial charge in [-0.25, -0.2) is 0 Å². The third kappa shape index (κ3) is 4.38. The summed E-state index contributed by atoms with van der Waals surface area (Å²) in [5.41, 5.74) is 0. The summed E-state index contributed by atoms with van der Waals surface area (Å²) < 4.78 is 2.10. The zero-order chi connectivity index (χ0) is 17.8. The molecule has 3 rings (SSSR count). The van der Waals surface area contributed by atoms with Crippen LogP contribution in [-0.2, 0) is 13.6 Å². The molecule has 3 heterocycles. The number of aromatic nitrogens is 3. The van der Waals surface area contributed by atoms with Gasteiger partial charge in [-0.2, -0.15) is 0 Å². The zero-order valence-corrected chi connectivity index (χ0v) is 15.1. The van der Waals surface area contributed by atoms with Crippen LogP contribution in [0, 0.1) is 0 Å². The van der Waals surface area contributed by atoms with Gasteiger partial charge in [-0.15, -0.1) is 10.2 Å². The van der Waals surface area contributed by atoms with Crippen LogP contribution in [0.1, 0.15) is 43.3 Å². The highest BCUT2D eigenvalue weighted by Crippen LogP contribution is 2.27. The number of aliphatic hydroxyl groups excluding tert-OH is 3. The number of rotatable bonds is 6. The van der Waals surface area contributed by atoms with Crippen LogP contribution in [0.5, 0.6) is 0 Å². The van der Waals surface area contributed by atoms with Gasteiger partial charge in [0.05, 0.1) is 31.9 Å². The van der Waals surface area contributed by atoms with Crippen LogP contribution in [0.15, 0.2) is 0 Å². The number of hydrogen-bond acceptors (Lipinski definition) is 7. The van der Waals surface area contributed by atoms with Gasteiger partial charge >= 0.3 is 0 Å². The first-order valence-electron chi connectivity index (χ1n) is 9.36. The molecule has 0 saturated carbocycles. The van der Waals surface area contributed by atoms with Gasteiger partial charge in [-0.3, -0.25) is 9.80 Å². The molecule has 25 heavy (non-hydrogen) atoms. The van der Waals surface area contributed by atoms with Crippen molar-refractivity contribution in [1.82, 2.24) is 24.6 Å². The Balaban J connectivity index is 1.64. The molecule has 0 aliphatic carbocycles. The van der Waals surface area contributed by atoms with Gasteiger partial charge in [0, 0.05) is 32.6 Å². The fraction of sp³-hybridized carbons (Fsp3) is 0.882. The lowest BCUT2D eigenvalue weighted by Crippen LogP contribution is -2.46. The molecular formula is C17H31N5O3. The molecule has 0 spiro atoms. The molecule has 0 aromatic carbocycles. The summed E-state index contributed by atoms with van der Waals surface area (Å²) in [5.74, 6) is 2.24. The molecule has 8 heteroatoms. The minimum absolute atomic E-state index is 0.0197. The van der Waals surface area contributed by atoms with Crippen molar-refractivity contribution in [2.75, 3.05) is 39.4 Å². The Bertz CT molecular complexity index is 540. The Morgan fingerprint density at radius 3 is 2.48 bits per heavy atom. The molecule has 2 saturated heterocycles. The standard InChI is InChI=1S/C17H31N5O3/c1-20-16(10-21-7-4-15(25)5-8-21)18-19-17(20)13-3-2-6-22(9-13)14(11-23)12-24/h13-15,23-25H,2-12H2,1H3/t13-/m0/s1. The summed E-state index contributed by atoms with van der Waals surface area (Å²) in [6.07, 6.45) is 3.58. The average molecular weight is 353 g/mol. The highest BCUT2D eigenvalue weighted by Gasteiger charge is 2.29. The predicted octanol–water partition coefficient (Wildman–Crippen LogP) is -0.696. The number of hydrogen-bond donors (Lipinski definition) is 3. The molecule has 2 aliphatic rings. The van der Waals surface area contributed by atoms with Gasteiger partial charge in [0.25, 0.3) is 0 Å². The summed E-state index contributed by atoms with van der Waals surface area (Å²) in [4.78, 5) is 4.48. The minimum Gasteiger partial charge on any atom is -0.395 e. The molecule has 0 amide bonds. The first-order valence-corrected chi connectivity index (χ1v) is 9.36. The van der Waals surface area contributed by atoms with Crippen molar-refractivity contribution in [2.45, 2.75) is 50.3 Å². The smallest absolute Gasteiger partial charge is 0.146 e. The van der Waals surface area contributed by atoms with E-state index in [1.807, 2.05) is 7.05 Å². The van der Waals surface area contributed by atoms with E-state index in [9.17, 15) is 15.3 Å². The maximum atomic E-state index is 9.63. The van der Waals surface area contributed by atoms with Crippen molar-refractivity contribution in [2.24, 2.45) is 7.05 Å². The van der Waals surface area contributed by atoms with E-state index in [1.165, 1.54) is 0 Å². The maximum Gasteiger partial charge on any atom is 0.146 e. The second-order valence-corrected chi connectivity index (χ2v) is 7.39. The Hall–Kier alpha value is -1.06. The lowest BCUT2D eigenvalue weighted by Gasteiger charge is -2.36. The van der Waals surface area contributed by atoms with Gasteiger partial charge < -0.3 is 19.9 Å². The second-order valence-electron chi connectivity index (χ2n) is 7.39. The Morgan fingerprint density at radius 2 is 1.80 bits per heavy atom. The number of piperidine rings is 2. The third-order valence-electron chi connectivity index (χ3n) is 5.68. The Kier molecular flexibility index (Phi) is 6.40. The normalized spacial score (nSPS) is 24.3. The first kappa shape index (κ1) is 18.7. The fourth-order valence-electron chi connectivity index (χ4n) is 3.98. The highest BCUT2D eigenvalue weighted by atomic mass is 16.3. The van der Waals surface area contributed by atoms with Crippen LogP contribution in [0.25, 0.3) is 0 Å². The lowest BCUT2D eigenvalue weighted by atomic mass is 9.96. The van der Waals surface area contributed by atoms with Crippen molar-refractivity contribution in [3.8, 4) is 0 Å². The Labute approximate surface area is 149 Å². The number of likely N-dealkylation sites (tertiary alicyclic amines) is 2. The molecule has 0 radical (unpaired) electrons. The van der Waals surface area contributed by atoms with Crippen LogP contribution >= 0.6 is 0 Å². The lowest BCUT2D eigenvalue weighted by molar-refractivity contribution is 0.0537. The van der Waals surface area contributed by atoms with Gasteiger partial charge in [0.2, 0.25) is 0 Å². The second kappa shape index (κ2) is 8.55. The van der Waals surface area contributed by atoms with Crippen LogP contribution in [0.3, 0.4) is 0 Å². The van der Waals surface area contributed by atoms with Crippen LogP contribution in [0.2, 0.25) is 0 Å². The molecule has 3 N–H and O–H groups in total. The van der Waals surface area contributed by atoms with Gasteiger partial charge in [0.1, 0.15) is 11.6 Å². The Morgan fingerprint density at radius 1 is 1.08 bits per heavy atom. The van der Waals surface area contributed by atoms with Gasteiger partial charge in [-0.1, -0.05) is 0 Å². The fourth-order valence-corrected chi connectivity index (χ4v) is 3.98. The summed E-state index contributed by atoms with van der Waals surface area (Å²) >= 11 is 0.